The Morgan fingerprint density at radius 2 is 1.44 bits per heavy atom. The Morgan fingerprint density at radius 3 is 2.19 bits per heavy atom. The van der Waals surface area contributed by atoms with E-state index in [1.54, 1.807) is 0 Å². The van der Waals surface area contributed by atoms with Crippen molar-refractivity contribution in [3.8, 4) is 11.5 Å². The number of aliphatic hydroxyl groups is 1. The van der Waals surface area contributed by atoms with Gasteiger partial charge in [0.15, 0.2) is 0 Å². The highest BCUT2D eigenvalue weighted by molar-refractivity contribution is 5.27. The Labute approximate surface area is 192 Å². The third-order valence-electron chi connectivity index (χ3n) is 6.74. The summed E-state index contributed by atoms with van der Waals surface area (Å²) in [6.07, 6.45) is 5.13. The molecule has 0 spiro atoms. The summed E-state index contributed by atoms with van der Waals surface area (Å²) in [4.78, 5) is 4.91. The summed E-state index contributed by atoms with van der Waals surface area (Å²) in [5.74, 6) is 1.78. The van der Waals surface area contributed by atoms with E-state index >= 15 is 0 Å². The largest absolute Gasteiger partial charge is 0.492 e. The maximum absolute atomic E-state index is 11.1. The monoisotopic (exact) mass is 438 g/mol. The van der Waals surface area contributed by atoms with Gasteiger partial charge in [-0.05, 0) is 88.5 Å². The van der Waals surface area contributed by atoms with Crippen LogP contribution in [0.25, 0.3) is 0 Å². The van der Waals surface area contributed by atoms with Crippen LogP contribution in [0.2, 0.25) is 0 Å². The van der Waals surface area contributed by atoms with Gasteiger partial charge in [0.2, 0.25) is 0 Å². The second-order valence-corrected chi connectivity index (χ2v) is 9.50. The van der Waals surface area contributed by atoms with E-state index in [1.807, 2.05) is 24.3 Å². The first-order valence-corrected chi connectivity index (χ1v) is 12.2. The third-order valence-corrected chi connectivity index (χ3v) is 6.74. The molecule has 5 heteroatoms. The molecule has 2 aromatic rings. The van der Waals surface area contributed by atoms with Crippen LogP contribution in [0.5, 0.6) is 11.5 Å². The minimum atomic E-state index is -0.757. The van der Waals surface area contributed by atoms with E-state index in [2.05, 4.69) is 41.0 Å². The quantitative estimate of drug-likeness (QED) is 0.634. The van der Waals surface area contributed by atoms with Gasteiger partial charge in [0.25, 0.3) is 0 Å². The van der Waals surface area contributed by atoms with Gasteiger partial charge in [-0.3, -0.25) is 9.80 Å². The van der Waals surface area contributed by atoms with Crippen molar-refractivity contribution in [2.75, 3.05) is 45.9 Å². The van der Waals surface area contributed by atoms with Crippen molar-refractivity contribution in [1.82, 2.24) is 9.80 Å². The Bertz CT molecular complexity index is 818. The summed E-state index contributed by atoms with van der Waals surface area (Å²) in [6, 6.07) is 16.5. The molecule has 0 amide bonds. The number of nitrogens with zero attached hydrogens (tertiary/aromatic N) is 2. The van der Waals surface area contributed by atoms with E-state index in [4.69, 9.17) is 9.47 Å². The van der Waals surface area contributed by atoms with Crippen LogP contribution in [0, 0.1) is 6.92 Å². The van der Waals surface area contributed by atoms with E-state index in [9.17, 15) is 5.11 Å². The normalized spacial score (nSPS) is 22.6. The average Bonchev–Trinajstić information content (AvgIpc) is 3.25. The summed E-state index contributed by atoms with van der Waals surface area (Å²) < 4.78 is 11.8. The lowest BCUT2D eigenvalue weighted by Crippen LogP contribution is -2.37. The number of rotatable bonds is 9. The van der Waals surface area contributed by atoms with Crippen LogP contribution in [0.4, 0.5) is 0 Å². The fourth-order valence-electron chi connectivity index (χ4n) is 4.64. The zero-order valence-electron chi connectivity index (χ0n) is 19.5. The predicted octanol–water partition coefficient (Wildman–Crippen LogP) is 4.27. The third kappa shape index (κ3) is 6.96. The molecule has 0 aromatic heterocycles. The minimum Gasteiger partial charge on any atom is -0.492 e. The van der Waals surface area contributed by atoms with Crippen LogP contribution in [0.3, 0.4) is 0 Å². The lowest BCUT2D eigenvalue weighted by atomic mass is 9.96. The van der Waals surface area contributed by atoms with Gasteiger partial charge in [0.1, 0.15) is 24.7 Å². The Balaban J connectivity index is 1.20. The Kier molecular flexibility index (Phi) is 8.06. The molecule has 2 saturated heterocycles. The Morgan fingerprint density at radius 1 is 0.781 bits per heavy atom. The number of aryl methyl sites for hydroxylation is 1. The zero-order valence-corrected chi connectivity index (χ0v) is 19.5. The van der Waals surface area contributed by atoms with Crippen molar-refractivity contribution in [3.05, 3.63) is 59.7 Å². The lowest BCUT2D eigenvalue weighted by Gasteiger charge is -2.27. The van der Waals surface area contributed by atoms with E-state index in [0.29, 0.717) is 6.61 Å². The Hall–Kier alpha value is -2.08. The fraction of sp³-hybridized carbons (Fsp3) is 0.556. The molecule has 0 unspecified atom stereocenters. The van der Waals surface area contributed by atoms with E-state index in [1.165, 1.54) is 37.1 Å². The summed E-state index contributed by atoms with van der Waals surface area (Å²) in [7, 11) is 0. The zero-order chi connectivity index (χ0) is 22.2. The first kappa shape index (κ1) is 23.1. The number of hydrogen-bond donors (Lipinski definition) is 1. The van der Waals surface area contributed by atoms with Crippen LogP contribution in [0.1, 0.15) is 43.2 Å². The molecule has 5 nitrogen and oxygen atoms in total. The molecule has 0 saturated carbocycles. The highest BCUT2D eigenvalue weighted by Gasteiger charge is 2.31. The molecule has 2 aliphatic heterocycles. The summed E-state index contributed by atoms with van der Waals surface area (Å²) in [5.41, 5.74) is 1.74. The van der Waals surface area contributed by atoms with Crippen LogP contribution in [-0.2, 0) is 6.54 Å². The first-order chi connectivity index (χ1) is 15.6. The van der Waals surface area contributed by atoms with Gasteiger partial charge in [-0.25, -0.2) is 0 Å². The van der Waals surface area contributed by atoms with Crippen LogP contribution in [-0.4, -0.2) is 66.4 Å². The van der Waals surface area contributed by atoms with Crippen molar-refractivity contribution >= 4 is 0 Å². The molecule has 0 radical (unpaired) electrons. The maximum atomic E-state index is 11.1. The van der Waals surface area contributed by atoms with Gasteiger partial charge in [0, 0.05) is 19.6 Å². The molecule has 1 N–H and O–H groups in total. The molecule has 2 heterocycles. The highest BCUT2D eigenvalue weighted by atomic mass is 16.5. The van der Waals surface area contributed by atoms with Crippen molar-refractivity contribution in [2.45, 2.75) is 51.2 Å². The molecule has 0 bridgehead atoms. The minimum absolute atomic E-state index is 0.355. The van der Waals surface area contributed by atoms with Gasteiger partial charge < -0.3 is 14.6 Å². The van der Waals surface area contributed by atoms with Gasteiger partial charge in [-0.15, -0.1) is 0 Å². The SMILES string of the molecule is Cc1ccc(OC[C@@]2(O)CCCN(Cc3ccc(OCCN4CCCC4)cc3)CC2)cc1. The molecular formula is C27H38N2O3. The first-order valence-electron chi connectivity index (χ1n) is 12.2. The van der Waals surface area contributed by atoms with E-state index in [0.717, 1.165) is 63.5 Å². The average molecular weight is 439 g/mol. The molecule has 1 atom stereocenters. The second-order valence-electron chi connectivity index (χ2n) is 9.50. The lowest BCUT2D eigenvalue weighted by molar-refractivity contribution is -0.0168. The van der Waals surface area contributed by atoms with Crippen molar-refractivity contribution in [2.24, 2.45) is 0 Å². The van der Waals surface area contributed by atoms with Gasteiger partial charge in [-0.1, -0.05) is 29.8 Å². The smallest absolute Gasteiger partial charge is 0.119 e. The number of likely N-dealkylation sites (tertiary alicyclic amines) is 2. The molecule has 0 aliphatic carbocycles. The standard InChI is InChI=1S/C27H38N2O3/c1-23-5-9-26(10-6-23)32-22-27(30)13-4-17-29(18-14-27)21-24-7-11-25(12-8-24)31-20-19-28-15-2-3-16-28/h5-12,30H,2-4,13-22H2,1H3/t27-/m1/s1. The fourth-order valence-corrected chi connectivity index (χ4v) is 4.64. The van der Waals surface area contributed by atoms with Crippen LogP contribution < -0.4 is 9.47 Å². The summed E-state index contributed by atoms with van der Waals surface area (Å²) in [5, 5.41) is 11.1. The summed E-state index contributed by atoms with van der Waals surface area (Å²) >= 11 is 0. The van der Waals surface area contributed by atoms with E-state index in [-0.39, 0.29) is 0 Å². The molecular weight excluding hydrogens is 400 g/mol. The highest BCUT2D eigenvalue weighted by Crippen LogP contribution is 2.25. The molecule has 2 aromatic carbocycles. The van der Waals surface area contributed by atoms with Crippen LogP contribution >= 0.6 is 0 Å². The second kappa shape index (κ2) is 11.2. The van der Waals surface area contributed by atoms with E-state index < -0.39 is 5.60 Å². The predicted molar refractivity (Wildman–Crippen MR) is 128 cm³/mol. The van der Waals surface area contributed by atoms with Crippen molar-refractivity contribution in [1.29, 1.82) is 0 Å². The van der Waals surface area contributed by atoms with Crippen molar-refractivity contribution < 1.29 is 14.6 Å². The molecule has 2 aliphatic rings. The molecule has 174 valence electrons. The number of ether oxygens (including phenoxy) is 2. The van der Waals surface area contributed by atoms with Crippen LogP contribution in [0.15, 0.2) is 48.5 Å². The van der Waals surface area contributed by atoms with Gasteiger partial charge >= 0.3 is 0 Å². The number of hydrogen-bond acceptors (Lipinski definition) is 5. The molecule has 32 heavy (non-hydrogen) atoms. The topological polar surface area (TPSA) is 45.2 Å². The number of benzene rings is 2. The summed E-state index contributed by atoms with van der Waals surface area (Å²) in [6.45, 7) is 9.41. The maximum Gasteiger partial charge on any atom is 0.119 e. The molecule has 4 rings (SSSR count). The molecule has 2 fully saturated rings. The van der Waals surface area contributed by atoms with Gasteiger partial charge in [0.05, 0.1) is 5.60 Å². The van der Waals surface area contributed by atoms with Crippen molar-refractivity contribution in [3.63, 3.8) is 0 Å². The van der Waals surface area contributed by atoms with Gasteiger partial charge in [-0.2, -0.15) is 0 Å².